The smallest absolute Gasteiger partial charge is 0.251 e. The van der Waals surface area contributed by atoms with Crippen LogP contribution >= 0.6 is 11.6 Å². The van der Waals surface area contributed by atoms with Crippen molar-refractivity contribution in [1.82, 2.24) is 9.80 Å². The molecule has 0 unspecified atom stereocenters. The van der Waals surface area contributed by atoms with Crippen LogP contribution in [0.4, 0.5) is 5.69 Å². The fourth-order valence-electron chi connectivity index (χ4n) is 7.85. The van der Waals surface area contributed by atoms with E-state index in [0.717, 1.165) is 49.5 Å². The lowest BCUT2D eigenvalue weighted by molar-refractivity contribution is -0.125. The van der Waals surface area contributed by atoms with Gasteiger partial charge in [0.1, 0.15) is 0 Å². The van der Waals surface area contributed by atoms with Gasteiger partial charge in [-0.25, -0.2) is 4.90 Å². The van der Waals surface area contributed by atoms with Gasteiger partial charge in [-0.05, 0) is 80.9 Å². The summed E-state index contributed by atoms with van der Waals surface area (Å²) in [5.41, 5.74) is 1.98. The summed E-state index contributed by atoms with van der Waals surface area (Å²) in [6.45, 7) is 5.74. The molecule has 0 spiro atoms. The summed E-state index contributed by atoms with van der Waals surface area (Å²) in [6, 6.07) is 5.10. The molecule has 6 fully saturated rings. The molecule has 0 N–H and O–H groups in total. The molecule has 0 radical (unpaired) electrons. The molecule has 1 atom stereocenters. The van der Waals surface area contributed by atoms with Crippen molar-refractivity contribution in [1.29, 1.82) is 0 Å². The van der Waals surface area contributed by atoms with E-state index in [1.807, 2.05) is 19.1 Å². The fourth-order valence-corrected chi connectivity index (χ4v) is 8.03. The first kappa shape index (κ1) is 20.2. The highest BCUT2D eigenvalue weighted by molar-refractivity contribution is 6.32. The quantitative estimate of drug-likeness (QED) is 0.668. The van der Waals surface area contributed by atoms with Gasteiger partial charge in [0.15, 0.2) is 0 Å². The van der Waals surface area contributed by atoms with Crippen molar-refractivity contribution in [3.63, 3.8) is 0 Å². The maximum atomic E-state index is 13.2. The molecule has 4 bridgehead atoms. The second-order valence-electron chi connectivity index (χ2n) is 10.9. The predicted molar refractivity (Wildman–Crippen MR) is 121 cm³/mol. The van der Waals surface area contributed by atoms with Crippen LogP contribution in [0, 0.1) is 24.7 Å². The lowest BCUT2D eigenvalue weighted by atomic mass is 9.52. The number of piperazine rings is 1. The number of carbonyl (C=O) groups excluding carboxylic acids is 2. The van der Waals surface area contributed by atoms with E-state index < -0.39 is 0 Å². The zero-order valence-electron chi connectivity index (χ0n) is 18.4. The van der Waals surface area contributed by atoms with Crippen LogP contribution in [0.25, 0.3) is 0 Å². The zero-order chi connectivity index (χ0) is 21.3. The normalized spacial score (nSPS) is 38.5. The summed E-state index contributed by atoms with van der Waals surface area (Å²) < 4.78 is 0. The van der Waals surface area contributed by atoms with Crippen molar-refractivity contribution in [3.8, 4) is 0 Å². The maximum Gasteiger partial charge on any atom is 0.251 e. The van der Waals surface area contributed by atoms with Crippen LogP contribution in [0.15, 0.2) is 18.2 Å². The van der Waals surface area contributed by atoms with Crippen molar-refractivity contribution >= 4 is 29.1 Å². The molecule has 6 aliphatic rings. The molecular formula is C25H32ClN3O2. The first-order valence-electron chi connectivity index (χ1n) is 12.0. The van der Waals surface area contributed by atoms with Gasteiger partial charge in [0.25, 0.3) is 5.91 Å². The van der Waals surface area contributed by atoms with Crippen LogP contribution in [0.1, 0.15) is 50.5 Å². The van der Waals surface area contributed by atoms with Crippen molar-refractivity contribution in [2.45, 2.75) is 63.5 Å². The third-order valence-electron chi connectivity index (χ3n) is 8.97. The zero-order valence-corrected chi connectivity index (χ0v) is 19.1. The number of nitrogens with zero attached hydrogens (tertiary/aromatic N) is 3. The molecule has 0 aromatic heterocycles. The molecule has 166 valence electrons. The minimum absolute atomic E-state index is 0.0897. The van der Waals surface area contributed by atoms with Crippen LogP contribution in [0.5, 0.6) is 0 Å². The molecule has 4 saturated carbocycles. The Balaban J connectivity index is 1.14. The Bertz CT molecular complexity index is 888. The predicted octanol–water partition coefficient (Wildman–Crippen LogP) is 3.87. The van der Waals surface area contributed by atoms with Crippen LogP contribution in [0.3, 0.4) is 0 Å². The molecule has 2 amide bonds. The average Bonchev–Trinajstić information content (AvgIpc) is 3.03. The summed E-state index contributed by atoms with van der Waals surface area (Å²) in [4.78, 5) is 32.4. The van der Waals surface area contributed by atoms with Gasteiger partial charge < -0.3 is 0 Å². The molecule has 6 heteroatoms. The Labute approximate surface area is 189 Å². The SMILES string of the molecule is Cc1ccc(N2C(=O)C[C@@H](N3CCN(C45CC6CC(CC(C6)C4)C5)CC3)C2=O)cc1Cl. The van der Waals surface area contributed by atoms with Gasteiger partial charge in [-0.2, -0.15) is 0 Å². The summed E-state index contributed by atoms with van der Waals surface area (Å²) in [7, 11) is 0. The van der Waals surface area contributed by atoms with Gasteiger partial charge in [-0.3, -0.25) is 19.4 Å². The van der Waals surface area contributed by atoms with Crippen LogP contribution in [0.2, 0.25) is 5.02 Å². The fraction of sp³-hybridized carbons (Fsp3) is 0.680. The van der Waals surface area contributed by atoms with Crippen molar-refractivity contribution < 1.29 is 9.59 Å². The molecule has 5 nitrogen and oxygen atoms in total. The van der Waals surface area contributed by atoms with E-state index in [2.05, 4.69) is 9.80 Å². The molecule has 2 aliphatic heterocycles. The molecule has 1 aromatic rings. The Morgan fingerprint density at radius 1 is 0.935 bits per heavy atom. The van der Waals surface area contributed by atoms with E-state index in [9.17, 15) is 9.59 Å². The van der Waals surface area contributed by atoms with Gasteiger partial charge in [0.2, 0.25) is 5.91 Å². The molecule has 7 rings (SSSR count). The molecule has 2 heterocycles. The number of benzene rings is 1. The number of anilines is 1. The van der Waals surface area contributed by atoms with E-state index >= 15 is 0 Å². The van der Waals surface area contributed by atoms with E-state index in [1.54, 1.807) is 6.07 Å². The van der Waals surface area contributed by atoms with Gasteiger partial charge >= 0.3 is 0 Å². The number of aryl methyl sites for hydroxylation is 1. The number of halogens is 1. The van der Waals surface area contributed by atoms with E-state index in [-0.39, 0.29) is 24.3 Å². The Morgan fingerprint density at radius 3 is 2.13 bits per heavy atom. The second-order valence-corrected chi connectivity index (χ2v) is 11.3. The number of hydrogen-bond donors (Lipinski definition) is 0. The van der Waals surface area contributed by atoms with Crippen LogP contribution in [-0.4, -0.2) is 59.4 Å². The minimum Gasteiger partial charge on any atom is -0.295 e. The average molecular weight is 442 g/mol. The Morgan fingerprint density at radius 2 is 1.55 bits per heavy atom. The molecule has 2 saturated heterocycles. The number of hydrogen-bond acceptors (Lipinski definition) is 4. The van der Waals surface area contributed by atoms with Crippen molar-refractivity contribution in [2.75, 3.05) is 31.1 Å². The number of rotatable bonds is 3. The highest BCUT2D eigenvalue weighted by Gasteiger charge is 2.54. The van der Waals surface area contributed by atoms with Gasteiger partial charge in [-0.1, -0.05) is 17.7 Å². The van der Waals surface area contributed by atoms with E-state index in [1.165, 1.54) is 43.4 Å². The molecule has 31 heavy (non-hydrogen) atoms. The topological polar surface area (TPSA) is 43.9 Å². The summed E-state index contributed by atoms with van der Waals surface area (Å²) in [6.07, 6.45) is 8.86. The second kappa shape index (κ2) is 7.29. The summed E-state index contributed by atoms with van der Waals surface area (Å²) in [5.74, 6) is 2.65. The largest absolute Gasteiger partial charge is 0.295 e. The van der Waals surface area contributed by atoms with Gasteiger partial charge in [-0.15, -0.1) is 0 Å². The van der Waals surface area contributed by atoms with E-state index in [0.29, 0.717) is 16.2 Å². The third-order valence-corrected chi connectivity index (χ3v) is 9.38. The summed E-state index contributed by atoms with van der Waals surface area (Å²) in [5, 5.41) is 0.589. The molecule has 4 aliphatic carbocycles. The van der Waals surface area contributed by atoms with Crippen LogP contribution < -0.4 is 4.90 Å². The standard InChI is InChI=1S/C25H32ClN3O2/c1-16-2-3-20(11-21(16)26)29-23(30)12-22(24(29)31)27-4-6-28(7-5-27)25-13-17-8-18(14-25)10-19(9-17)15-25/h2-3,11,17-19,22H,4-10,12-15H2,1H3/t17?,18?,19?,22-,25?/m1/s1. The maximum absolute atomic E-state index is 13.2. The third kappa shape index (κ3) is 3.27. The Hall–Kier alpha value is -1.43. The highest BCUT2D eigenvalue weighted by atomic mass is 35.5. The monoisotopic (exact) mass is 441 g/mol. The first-order chi connectivity index (χ1) is 14.9. The minimum atomic E-state index is -0.328. The van der Waals surface area contributed by atoms with Crippen LogP contribution in [-0.2, 0) is 9.59 Å². The number of carbonyl (C=O) groups is 2. The number of amides is 2. The summed E-state index contributed by atoms with van der Waals surface area (Å²) >= 11 is 6.25. The first-order valence-corrected chi connectivity index (χ1v) is 12.4. The van der Waals surface area contributed by atoms with Gasteiger partial charge in [0.05, 0.1) is 18.2 Å². The van der Waals surface area contributed by atoms with Gasteiger partial charge in [0, 0.05) is 36.7 Å². The van der Waals surface area contributed by atoms with Crippen molar-refractivity contribution in [3.05, 3.63) is 28.8 Å². The number of imide groups is 1. The Kier molecular flexibility index (Phi) is 4.75. The molecular weight excluding hydrogens is 410 g/mol. The van der Waals surface area contributed by atoms with Crippen molar-refractivity contribution in [2.24, 2.45) is 17.8 Å². The lowest BCUT2D eigenvalue weighted by Gasteiger charge is -2.61. The van der Waals surface area contributed by atoms with E-state index in [4.69, 9.17) is 11.6 Å². The highest BCUT2D eigenvalue weighted by Crippen LogP contribution is 2.57. The lowest BCUT2D eigenvalue weighted by Crippen LogP contribution is -2.64. The molecule has 1 aromatic carbocycles.